The second-order valence-corrected chi connectivity index (χ2v) is 5.22. The normalized spacial score (nSPS) is 11.5. The van der Waals surface area contributed by atoms with Gasteiger partial charge in [-0.2, -0.15) is 0 Å². The lowest BCUT2D eigenvalue weighted by Crippen LogP contribution is -2.43. The average molecular weight is 272 g/mol. The van der Waals surface area contributed by atoms with Crippen molar-refractivity contribution < 1.29 is 19.1 Å². The highest BCUT2D eigenvalue weighted by Crippen LogP contribution is 2.35. The molecule has 19 heavy (non-hydrogen) atoms. The Balaban J connectivity index is 5.29. The van der Waals surface area contributed by atoms with Crippen molar-refractivity contribution in [3.8, 4) is 0 Å². The Morgan fingerprint density at radius 3 is 1.79 bits per heavy atom. The Labute approximate surface area is 116 Å². The van der Waals surface area contributed by atoms with Crippen LogP contribution in [0.5, 0.6) is 0 Å². The predicted molar refractivity (Wildman–Crippen MR) is 74.7 cm³/mol. The monoisotopic (exact) mass is 272 g/mol. The molecule has 0 N–H and O–H groups in total. The van der Waals surface area contributed by atoms with Crippen LogP contribution in [-0.4, -0.2) is 25.2 Å². The fourth-order valence-electron chi connectivity index (χ4n) is 2.27. The third-order valence-corrected chi connectivity index (χ3v) is 3.05. The molecular weight excluding hydrogens is 244 g/mol. The minimum Gasteiger partial charge on any atom is -0.465 e. The summed E-state index contributed by atoms with van der Waals surface area (Å²) in [5, 5.41) is 0. The third-order valence-electron chi connectivity index (χ3n) is 3.05. The van der Waals surface area contributed by atoms with E-state index in [0.29, 0.717) is 12.8 Å². The Kier molecular flexibility index (Phi) is 8.44. The molecule has 0 bridgehead atoms. The summed E-state index contributed by atoms with van der Waals surface area (Å²) in [5.41, 5.74) is -1.13. The standard InChI is InChI=1S/C15H28O4/c1-6-9-10-15(11-12(4)5,13(16)18-7-2)14(17)19-8-3/h12H,6-11H2,1-5H3. The van der Waals surface area contributed by atoms with Crippen molar-refractivity contribution in [3.05, 3.63) is 0 Å². The molecule has 0 amide bonds. The lowest BCUT2D eigenvalue weighted by molar-refractivity contribution is -0.174. The van der Waals surface area contributed by atoms with Crippen LogP contribution >= 0.6 is 0 Å². The van der Waals surface area contributed by atoms with Gasteiger partial charge in [0.15, 0.2) is 5.41 Å². The minimum absolute atomic E-state index is 0.227. The van der Waals surface area contributed by atoms with E-state index in [1.54, 1.807) is 13.8 Å². The van der Waals surface area contributed by atoms with Crippen LogP contribution in [0, 0.1) is 11.3 Å². The second kappa shape index (κ2) is 8.94. The summed E-state index contributed by atoms with van der Waals surface area (Å²) in [6.45, 7) is 10.1. The van der Waals surface area contributed by atoms with Gasteiger partial charge in [-0.1, -0.05) is 33.6 Å². The fourth-order valence-corrected chi connectivity index (χ4v) is 2.27. The predicted octanol–water partition coefficient (Wildman–Crippen LogP) is 3.34. The smallest absolute Gasteiger partial charge is 0.323 e. The van der Waals surface area contributed by atoms with E-state index in [4.69, 9.17) is 9.47 Å². The summed E-state index contributed by atoms with van der Waals surface area (Å²) in [6, 6.07) is 0. The highest BCUT2D eigenvalue weighted by Gasteiger charge is 2.48. The maximum absolute atomic E-state index is 12.3. The number of ether oxygens (including phenoxy) is 2. The molecule has 112 valence electrons. The van der Waals surface area contributed by atoms with Gasteiger partial charge in [0.1, 0.15) is 0 Å². The van der Waals surface area contributed by atoms with Crippen LogP contribution in [0.1, 0.15) is 60.3 Å². The van der Waals surface area contributed by atoms with Gasteiger partial charge in [0.2, 0.25) is 0 Å². The zero-order valence-corrected chi connectivity index (χ0v) is 13.0. The summed E-state index contributed by atoms with van der Waals surface area (Å²) in [5.74, 6) is -0.642. The molecule has 0 unspecified atom stereocenters. The number of carbonyl (C=O) groups excluding carboxylic acids is 2. The molecule has 0 radical (unpaired) electrons. The van der Waals surface area contributed by atoms with E-state index < -0.39 is 17.4 Å². The first-order valence-electron chi connectivity index (χ1n) is 7.29. The van der Waals surface area contributed by atoms with Gasteiger partial charge in [-0.25, -0.2) is 0 Å². The van der Waals surface area contributed by atoms with Crippen molar-refractivity contribution in [3.63, 3.8) is 0 Å². The van der Waals surface area contributed by atoms with Crippen LogP contribution in [0.25, 0.3) is 0 Å². The Morgan fingerprint density at radius 1 is 1.00 bits per heavy atom. The molecule has 0 aliphatic carbocycles. The molecular formula is C15H28O4. The van der Waals surface area contributed by atoms with Crippen molar-refractivity contribution in [2.24, 2.45) is 11.3 Å². The van der Waals surface area contributed by atoms with Crippen LogP contribution < -0.4 is 0 Å². The van der Waals surface area contributed by atoms with Crippen molar-refractivity contribution in [1.29, 1.82) is 0 Å². The summed E-state index contributed by atoms with van der Waals surface area (Å²) in [6.07, 6.45) is 2.72. The van der Waals surface area contributed by atoms with Crippen LogP contribution in [0.3, 0.4) is 0 Å². The summed E-state index contributed by atoms with van der Waals surface area (Å²) in [4.78, 5) is 24.6. The molecule has 4 heteroatoms. The van der Waals surface area contributed by atoms with Crippen LogP contribution in [0.4, 0.5) is 0 Å². The fraction of sp³-hybridized carbons (Fsp3) is 0.867. The molecule has 0 rings (SSSR count). The van der Waals surface area contributed by atoms with Gasteiger partial charge in [-0.3, -0.25) is 9.59 Å². The lowest BCUT2D eigenvalue weighted by Gasteiger charge is -2.30. The van der Waals surface area contributed by atoms with E-state index in [0.717, 1.165) is 12.8 Å². The van der Waals surface area contributed by atoms with E-state index in [1.165, 1.54) is 0 Å². The number of carbonyl (C=O) groups is 2. The minimum atomic E-state index is -1.13. The van der Waals surface area contributed by atoms with Gasteiger partial charge in [0.05, 0.1) is 13.2 Å². The molecule has 0 aliphatic heterocycles. The van der Waals surface area contributed by atoms with Gasteiger partial charge in [-0.05, 0) is 32.6 Å². The lowest BCUT2D eigenvalue weighted by atomic mass is 9.76. The summed E-state index contributed by atoms with van der Waals surface area (Å²) in [7, 11) is 0. The Morgan fingerprint density at radius 2 is 1.47 bits per heavy atom. The number of esters is 2. The zero-order chi connectivity index (χ0) is 14.9. The van der Waals surface area contributed by atoms with Gasteiger partial charge in [-0.15, -0.1) is 0 Å². The molecule has 0 fully saturated rings. The molecule has 0 atom stereocenters. The molecule has 0 aromatic carbocycles. The van der Waals surface area contributed by atoms with E-state index in [1.807, 2.05) is 20.8 Å². The van der Waals surface area contributed by atoms with Crippen molar-refractivity contribution >= 4 is 11.9 Å². The first-order chi connectivity index (χ1) is 8.94. The van der Waals surface area contributed by atoms with Crippen molar-refractivity contribution in [2.45, 2.75) is 60.3 Å². The molecule has 0 aromatic rings. The molecule has 0 aliphatic rings. The number of unbranched alkanes of at least 4 members (excludes halogenated alkanes) is 1. The first kappa shape index (κ1) is 17.9. The van der Waals surface area contributed by atoms with Crippen LogP contribution in [0.15, 0.2) is 0 Å². The largest absolute Gasteiger partial charge is 0.465 e. The second-order valence-electron chi connectivity index (χ2n) is 5.22. The van der Waals surface area contributed by atoms with E-state index >= 15 is 0 Å². The molecule has 4 nitrogen and oxygen atoms in total. The molecule has 0 spiro atoms. The number of rotatable bonds is 9. The maximum atomic E-state index is 12.3. The van der Waals surface area contributed by atoms with E-state index in [9.17, 15) is 9.59 Å². The molecule has 0 aromatic heterocycles. The SMILES string of the molecule is CCCCC(CC(C)C)(C(=O)OCC)C(=O)OCC. The van der Waals surface area contributed by atoms with Crippen LogP contribution in [0.2, 0.25) is 0 Å². The summed E-state index contributed by atoms with van der Waals surface area (Å²) >= 11 is 0. The molecule has 0 heterocycles. The molecule has 0 saturated carbocycles. The Hall–Kier alpha value is -1.06. The maximum Gasteiger partial charge on any atom is 0.323 e. The van der Waals surface area contributed by atoms with Gasteiger partial charge in [0.25, 0.3) is 0 Å². The topological polar surface area (TPSA) is 52.6 Å². The van der Waals surface area contributed by atoms with Crippen LogP contribution in [-0.2, 0) is 19.1 Å². The van der Waals surface area contributed by atoms with Gasteiger partial charge >= 0.3 is 11.9 Å². The first-order valence-corrected chi connectivity index (χ1v) is 7.29. The van der Waals surface area contributed by atoms with Crippen molar-refractivity contribution in [1.82, 2.24) is 0 Å². The highest BCUT2D eigenvalue weighted by atomic mass is 16.6. The quantitative estimate of drug-likeness (QED) is 0.477. The number of hydrogen-bond acceptors (Lipinski definition) is 4. The highest BCUT2D eigenvalue weighted by molar-refractivity contribution is 6.00. The number of hydrogen-bond donors (Lipinski definition) is 0. The molecule has 0 saturated heterocycles. The van der Waals surface area contributed by atoms with Crippen molar-refractivity contribution in [2.75, 3.05) is 13.2 Å². The van der Waals surface area contributed by atoms with E-state index in [2.05, 4.69) is 0 Å². The Bertz CT molecular complexity index is 266. The average Bonchev–Trinajstić information content (AvgIpc) is 2.34. The van der Waals surface area contributed by atoms with E-state index in [-0.39, 0.29) is 19.1 Å². The summed E-state index contributed by atoms with van der Waals surface area (Å²) < 4.78 is 10.3. The van der Waals surface area contributed by atoms with Gasteiger partial charge in [0, 0.05) is 0 Å². The third kappa shape index (κ3) is 5.21. The zero-order valence-electron chi connectivity index (χ0n) is 13.0. The van der Waals surface area contributed by atoms with Gasteiger partial charge < -0.3 is 9.47 Å².